The lowest BCUT2D eigenvalue weighted by atomic mass is 9.80. The van der Waals surface area contributed by atoms with E-state index in [1.54, 1.807) is 24.3 Å². The monoisotopic (exact) mass is 616 g/mol. The fourth-order valence-corrected chi connectivity index (χ4v) is 8.83. The molecule has 0 bridgehead atoms. The van der Waals surface area contributed by atoms with Crippen LogP contribution in [0, 0.1) is 29.6 Å². The standard InChI is InChI=1S/C37H60O5S/c1-9-11-15-32-22-28(6)35(41-32)19-18-31(38)21-26(4)29(7)27(5)23-37-34(30(8)36(42-37)20-25(3)10-2)24-43(39,40)33-16-13-12-14-17-33/h12-14,16-17,25-27,30-32,34-38H,6-7,9-11,15,18-24H2,1-5,8H3/t25-,26-,27?,30-,31-,32+,34-,35?,36-,37+/m1/s1. The van der Waals surface area contributed by atoms with Gasteiger partial charge in [0, 0.05) is 5.92 Å². The second kappa shape index (κ2) is 16.7. The van der Waals surface area contributed by atoms with Crippen LogP contribution in [0.25, 0.3) is 0 Å². The van der Waals surface area contributed by atoms with E-state index < -0.39 is 15.9 Å². The van der Waals surface area contributed by atoms with Crippen LogP contribution in [0.2, 0.25) is 0 Å². The molecule has 0 amide bonds. The van der Waals surface area contributed by atoms with Crippen molar-refractivity contribution >= 4 is 9.84 Å². The molecule has 2 aliphatic rings. The summed E-state index contributed by atoms with van der Waals surface area (Å²) in [6, 6.07) is 8.80. The molecule has 2 heterocycles. The molecule has 2 aliphatic heterocycles. The number of benzene rings is 1. The quantitative estimate of drug-likeness (QED) is 0.167. The molecular formula is C37H60O5S. The van der Waals surface area contributed by atoms with E-state index in [2.05, 4.69) is 54.7 Å². The number of aliphatic hydroxyl groups excluding tert-OH is 1. The lowest BCUT2D eigenvalue weighted by molar-refractivity contribution is 0.00899. The molecule has 2 fully saturated rings. The highest BCUT2D eigenvalue weighted by molar-refractivity contribution is 7.91. The first-order chi connectivity index (χ1) is 20.4. The number of hydrogen-bond acceptors (Lipinski definition) is 5. The number of aliphatic hydroxyl groups is 1. The van der Waals surface area contributed by atoms with Gasteiger partial charge in [0.2, 0.25) is 0 Å². The molecule has 0 radical (unpaired) electrons. The third-order valence-corrected chi connectivity index (χ3v) is 12.2. The van der Waals surface area contributed by atoms with E-state index in [9.17, 15) is 13.5 Å². The summed E-state index contributed by atoms with van der Waals surface area (Å²) in [5.74, 6) is 1.02. The Morgan fingerprint density at radius 3 is 2.37 bits per heavy atom. The summed E-state index contributed by atoms with van der Waals surface area (Å²) >= 11 is 0. The van der Waals surface area contributed by atoms with Gasteiger partial charge in [-0.15, -0.1) is 0 Å². The van der Waals surface area contributed by atoms with Crippen LogP contribution in [0.15, 0.2) is 59.5 Å². The van der Waals surface area contributed by atoms with Gasteiger partial charge in [-0.3, -0.25) is 0 Å². The summed E-state index contributed by atoms with van der Waals surface area (Å²) in [5.41, 5.74) is 2.27. The molecule has 5 nitrogen and oxygen atoms in total. The number of allylic oxidation sites excluding steroid dienone is 1. The van der Waals surface area contributed by atoms with Gasteiger partial charge in [0.1, 0.15) is 0 Å². The van der Waals surface area contributed by atoms with E-state index in [-0.39, 0.29) is 53.8 Å². The van der Waals surface area contributed by atoms with Gasteiger partial charge in [0.15, 0.2) is 9.84 Å². The van der Waals surface area contributed by atoms with Crippen molar-refractivity contribution in [1.82, 2.24) is 0 Å². The molecule has 1 aromatic carbocycles. The third kappa shape index (κ3) is 10.3. The van der Waals surface area contributed by atoms with Crippen LogP contribution in [-0.4, -0.2) is 49.8 Å². The zero-order valence-electron chi connectivity index (χ0n) is 27.8. The molecule has 1 N–H and O–H groups in total. The van der Waals surface area contributed by atoms with Crippen molar-refractivity contribution in [1.29, 1.82) is 0 Å². The molecule has 2 unspecified atom stereocenters. The molecule has 43 heavy (non-hydrogen) atoms. The third-order valence-electron chi connectivity index (χ3n) is 10.4. The summed E-state index contributed by atoms with van der Waals surface area (Å²) < 4.78 is 39.8. The minimum atomic E-state index is -3.43. The van der Waals surface area contributed by atoms with E-state index in [1.807, 2.05) is 6.07 Å². The van der Waals surface area contributed by atoms with E-state index in [1.165, 1.54) is 18.4 Å². The van der Waals surface area contributed by atoms with Crippen molar-refractivity contribution in [2.45, 2.75) is 141 Å². The van der Waals surface area contributed by atoms with Gasteiger partial charge < -0.3 is 14.6 Å². The van der Waals surface area contributed by atoms with E-state index >= 15 is 0 Å². The minimum Gasteiger partial charge on any atom is -0.393 e. The van der Waals surface area contributed by atoms with Crippen LogP contribution >= 0.6 is 0 Å². The lowest BCUT2D eigenvalue weighted by Gasteiger charge is -2.28. The second-order valence-corrected chi connectivity index (χ2v) is 15.9. The Labute approximate surface area is 263 Å². The van der Waals surface area contributed by atoms with Gasteiger partial charge in [0.05, 0.1) is 41.2 Å². The van der Waals surface area contributed by atoms with E-state index in [0.717, 1.165) is 44.1 Å². The van der Waals surface area contributed by atoms with Crippen molar-refractivity contribution in [2.24, 2.45) is 29.6 Å². The smallest absolute Gasteiger partial charge is 0.178 e. The Kier molecular flexibility index (Phi) is 14.0. The Hall–Kier alpha value is -1.47. The van der Waals surface area contributed by atoms with Crippen LogP contribution in [0.1, 0.15) is 106 Å². The van der Waals surface area contributed by atoms with Crippen LogP contribution < -0.4 is 0 Å². The van der Waals surface area contributed by atoms with Gasteiger partial charge in [-0.25, -0.2) is 8.42 Å². The normalized spacial score (nSPS) is 29.0. The highest BCUT2D eigenvalue weighted by Gasteiger charge is 2.44. The number of sulfone groups is 1. The molecule has 0 spiro atoms. The topological polar surface area (TPSA) is 72.8 Å². The predicted octanol–water partition coefficient (Wildman–Crippen LogP) is 8.57. The molecular weight excluding hydrogens is 556 g/mol. The van der Waals surface area contributed by atoms with Crippen LogP contribution in [0.3, 0.4) is 0 Å². The maximum absolute atomic E-state index is 13.4. The highest BCUT2D eigenvalue weighted by Crippen LogP contribution is 2.42. The Bertz CT molecular complexity index is 1120. The molecule has 0 saturated carbocycles. The molecule has 10 atom stereocenters. The zero-order valence-corrected chi connectivity index (χ0v) is 28.7. The molecule has 0 aliphatic carbocycles. The van der Waals surface area contributed by atoms with Crippen LogP contribution in [0.5, 0.6) is 0 Å². The Morgan fingerprint density at radius 2 is 1.72 bits per heavy atom. The average Bonchev–Trinajstić information content (AvgIpc) is 3.47. The maximum Gasteiger partial charge on any atom is 0.178 e. The summed E-state index contributed by atoms with van der Waals surface area (Å²) in [5, 5.41) is 10.9. The van der Waals surface area contributed by atoms with Gasteiger partial charge in [-0.1, -0.05) is 97.7 Å². The fraction of sp³-hybridized carbons (Fsp3) is 0.730. The summed E-state index contributed by atoms with van der Waals surface area (Å²) in [6.45, 7) is 21.8. The first-order valence-electron chi connectivity index (χ1n) is 17.0. The van der Waals surface area contributed by atoms with Crippen LogP contribution in [-0.2, 0) is 19.3 Å². The van der Waals surface area contributed by atoms with Gasteiger partial charge in [-0.05, 0) is 86.3 Å². The summed E-state index contributed by atoms with van der Waals surface area (Å²) in [6.07, 6.45) is 9.15. The highest BCUT2D eigenvalue weighted by atomic mass is 32.2. The molecule has 6 heteroatoms. The first kappa shape index (κ1) is 36.0. The van der Waals surface area contributed by atoms with Crippen molar-refractivity contribution in [2.75, 3.05) is 5.75 Å². The van der Waals surface area contributed by atoms with E-state index in [4.69, 9.17) is 9.47 Å². The van der Waals surface area contributed by atoms with Crippen molar-refractivity contribution in [3.8, 4) is 0 Å². The number of hydrogen-bond donors (Lipinski definition) is 1. The molecule has 0 aromatic heterocycles. The van der Waals surface area contributed by atoms with Crippen molar-refractivity contribution in [3.63, 3.8) is 0 Å². The molecule has 1 aromatic rings. The van der Waals surface area contributed by atoms with Crippen molar-refractivity contribution < 1.29 is 23.0 Å². The minimum absolute atomic E-state index is 0.0583. The maximum atomic E-state index is 13.4. The van der Waals surface area contributed by atoms with Gasteiger partial charge >= 0.3 is 0 Å². The fourth-order valence-electron chi connectivity index (χ4n) is 7.05. The average molecular weight is 617 g/mol. The summed E-state index contributed by atoms with van der Waals surface area (Å²) in [4.78, 5) is 0.384. The Morgan fingerprint density at radius 1 is 1.02 bits per heavy atom. The summed E-state index contributed by atoms with van der Waals surface area (Å²) in [7, 11) is -3.43. The lowest BCUT2D eigenvalue weighted by Crippen LogP contribution is -2.30. The molecule has 244 valence electrons. The van der Waals surface area contributed by atoms with Gasteiger partial charge in [-0.2, -0.15) is 0 Å². The first-order valence-corrected chi connectivity index (χ1v) is 18.6. The van der Waals surface area contributed by atoms with Gasteiger partial charge in [0.25, 0.3) is 0 Å². The van der Waals surface area contributed by atoms with Crippen LogP contribution in [0.4, 0.5) is 0 Å². The number of ether oxygens (including phenoxy) is 2. The van der Waals surface area contributed by atoms with E-state index in [0.29, 0.717) is 23.7 Å². The second-order valence-electron chi connectivity index (χ2n) is 13.9. The number of rotatable bonds is 18. The largest absolute Gasteiger partial charge is 0.393 e. The number of unbranched alkanes of at least 4 members (excludes halogenated alkanes) is 1. The zero-order chi connectivity index (χ0) is 31.7. The predicted molar refractivity (Wildman–Crippen MR) is 178 cm³/mol. The SMILES string of the molecule is C=C1C[C@H](CCCC)OC1CC[C@@H](O)C[C@@H](C)C(=C)C(C)C[C@@H]1O[C@H](C[C@H](C)CC)[C@H](C)[C@H]1CS(=O)(=O)c1ccccc1. The van der Waals surface area contributed by atoms with Crippen molar-refractivity contribution in [3.05, 3.63) is 54.6 Å². The Balaban J connectivity index is 1.58. The molecule has 3 rings (SSSR count). The molecule has 2 saturated heterocycles.